The highest BCUT2D eigenvalue weighted by atomic mass is 16.5. The van der Waals surface area contributed by atoms with Crippen LogP contribution in [0.2, 0.25) is 0 Å². The Kier molecular flexibility index (Phi) is 12.7. The summed E-state index contributed by atoms with van der Waals surface area (Å²) in [5, 5.41) is 3.06. The Hall–Kier alpha value is -2.45. The van der Waals surface area contributed by atoms with Gasteiger partial charge in [-0.05, 0) is 51.3 Å². The van der Waals surface area contributed by atoms with Gasteiger partial charge >= 0.3 is 6.03 Å². The van der Waals surface area contributed by atoms with Gasteiger partial charge < -0.3 is 19.9 Å². The fraction of sp³-hybridized carbons (Fsp3) is 0.700. The first-order valence-corrected chi connectivity index (χ1v) is 14.5. The molecule has 2 atom stereocenters. The molecule has 1 fully saturated rings. The average Bonchev–Trinajstić information content (AvgIpc) is 2.91. The summed E-state index contributed by atoms with van der Waals surface area (Å²) in [6.45, 7) is 18.1. The van der Waals surface area contributed by atoms with Crippen molar-refractivity contribution in [2.45, 2.75) is 92.8 Å². The molecule has 0 radical (unpaired) electrons. The molecule has 0 saturated carbocycles. The number of likely N-dealkylation sites (tertiary alicyclic amines) is 1. The maximum Gasteiger partial charge on any atom is 0.326 e. The molecule has 214 valence electrons. The molecule has 38 heavy (non-hydrogen) atoms. The summed E-state index contributed by atoms with van der Waals surface area (Å²) >= 11 is 0. The van der Waals surface area contributed by atoms with Crippen molar-refractivity contribution in [2.75, 3.05) is 39.3 Å². The third-order valence-corrected chi connectivity index (χ3v) is 7.98. The van der Waals surface area contributed by atoms with Gasteiger partial charge in [0.05, 0.1) is 11.5 Å². The number of imide groups is 1. The fourth-order valence-corrected chi connectivity index (χ4v) is 5.27. The zero-order valence-corrected chi connectivity index (χ0v) is 24.7. The zero-order valence-electron chi connectivity index (χ0n) is 24.7. The van der Waals surface area contributed by atoms with Gasteiger partial charge in [0.15, 0.2) is 6.23 Å². The summed E-state index contributed by atoms with van der Waals surface area (Å²) in [6.07, 6.45) is 2.82. The molecule has 1 aliphatic rings. The van der Waals surface area contributed by atoms with E-state index in [-0.39, 0.29) is 24.5 Å². The first kappa shape index (κ1) is 31.8. The zero-order chi connectivity index (χ0) is 28.3. The molecule has 0 aromatic heterocycles. The summed E-state index contributed by atoms with van der Waals surface area (Å²) in [4.78, 5) is 45.2. The first-order valence-electron chi connectivity index (χ1n) is 14.5. The van der Waals surface area contributed by atoms with Gasteiger partial charge in [0.25, 0.3) is 0 Å². The molecule has 4 amide bonds. The number of nitrogens with one attached hydrogen (secondary N) is 1. The van der Waals surface area contributed by atoms with Crippen molar-refractivity contribution in [1.82, 2.24) is 20.0 Å². The van der Waals surface area contributed by atoms with Gasteiger partial charge in [-0.3, -0.25) is 9.59 Å². The molecule has 1 saturated heterocycles. The van der Waals surface area contributed by atoms with E-state index in [1.807, 2.05) is 49.9 Å². The second-order valence-corrected chi connectivity index (χ2v) is 10.3. The van der Waals surface area contributed by atoms with E-state index in [1.54, 1.807) is 0 Å². The van der Waals surface area contributed by atoms with E-state index in [4.69, 9.17) is 4.74 Å². The maximum atomic E-state index is 13.4. The van der Waals surface area contributed by atoms with E-state index in [2.05, 4.69) is 37.9 Å². The van der Waals surface area contributed by atoms with Gasteiger partial charge in [0, 0.05) is 19.6 Å². The average molecular weight is 531 g/mol. The van der Waals surface area contributed by atoms with Crippen LogP contribution in [0.25, 0.3) is 0 Å². The molecule has 0 spiro atoms. The second kappa shape index (κ2) is 15.2. The van der Waals surface area contributed by atoms with Crippen molar-refractivity contribution in [2.24, 2.45) is 5.41 Å². The molecule has 1 aromatic carbocycles. The van der Waals surface area contributed by atoms with E-state index in [0.717, 1.165) is 50.0 Å². The van der Waals surface area contributed by atoms with E-state index >= 15 is 0 Å². The number of urea groups is 1. The number of benzene rings is 1. The van der Waals surface area contributed by atoms with Crippen molar-refractivity contribution in [3.8, 4) is 0 Å². The van der Waals surface area contributed by atoms with Gasteiger partial charge in [-0.2, -0.15) is 0 Å². The number of hydrogen-bond donors (Lipinski definition) is 1. The van der Waals surface area contributed by atoms with Crippen LogP contribution in [0.15, 0.2) is 24.3 Å². The van der Waals surface area contributed by atoms with Crippen molar-refractivity contribution in [1.29, 1.82) is 0 Å². The molecule has 0 unspecified atom stereocenters. The molecule has 8 heteroatoms. The number of likely N-dealkylation sites (N-methyl/N-ethyl adjacent to an activating group) is 1. The number of nitrogens with zero attached hydrogens (tertiary/aromatic N) is 3. The predicted molar refractivity (Wildman–Crippen MR) is 152 cm³/mol. The molecule has 2 rings (SSSR count). The fourth-order valence-electron chi connectivity index (χ4n) is 5.27. The number of ether oxygens (including phenoxy) is 1. The summed E-state index contributed by atoms with van der Waals surface area (Å²) in [5.74, 6) is -0.341. The summed E-state index contributed by atoms with van der Waals surface area (Å²) in [7, 11) is 0. The van der Waals surface area contributed by atoms with Gasteiger partial charge in [-0.25, -0.2) is 9.69 Å². The van der Waals surface area contributed by atoms with Crippen LogP contribution < -0.4 is 5.32 Å². The number of amides is 4. The van der Waals surface area contributed by atoms with Crippen LogP contribution in [-0.4, -0.2) is 78.1 Å². The smallest absolute Gasteiger partial charge is 0.326 e. The number of carbonyl (C=O) groups excluding carboxylic acids is 3. The van der Waals surface area contributed by atoms with Crippen molar-refractivity contribution < 1.29 is 19.1 Å². The van der Waals surface area contributed by atoms with Gasteiger partial charge in [-0.15, -0.1) is 0 Å². The van der Waals surface area contributed by atoms with Crippen LogP contribution in [0.4, 0.5) is 4.79 Å². The number of β-lactam (4-membered cyclic amide) rings is 1. The lowest BCUT2D eigenvalue weighted by Gasteiger charge is -2.53. The number of hydrogen-bond acceptors (Lipinski definition) is 5. The molecule has 1 N–H and O–H groups in total. The molecule has 0 bridgehead atoms. The highest BCUT2D eigenvalue weighted by Crippen LogP contribution is 2.46. The summed E-state index contributed by atoms with van der Waals surface area (Å²) in [5.41, 5.74) is 1.36. The van der Waals surface area contributed by atoms with Crippen LogP contribution in [0.1, 0.15) is 90.8 Å². The van der Waals surface area contributed by atoms with Crippen molar-refractivity contribution in [3.05, 3.63) is 35.4 Å². The Morgan fingerprint density at radius 1 is 0.974 bits per heavy atom. The quantitative estimate of drug-likeness (QED) is 0.300. The van der Waals surface area contributed by atoms with Gasteiger partial charge in [0.2, 0.25) is 11.8 Å². The Morgan fingerprint density at radius 2 is 1.61 bits per heavy atom. The van der Waals surface area contributed by atoms with Crippen molar-refractivity contribution in [3.63, 3.8) is 0 Å². The van der Waals surface area contributed by atoms with Crippen LogP contribution in [-0.2, 0) is 14.3 Å². The third-order valence-electron chi connectivity index (χ3n) is 7.98. The van der Waals surface area contributed by atoms with Crippen LogP contribution >= 0.6 is 0 Å². The van der Waals surface area contributed by atoms with E-state index in [9.17, 15) is 14.4 Å². The lowest BCUT2D eigenvalue weighted by molar-refractivity contribution is -0.212. The van der Waals surface area contributed by atoms with Crippen LogP contribution in [0.3, 0.4) is 0 Å². The lowest BCUT2D eigenvalue weighted by atomic mass is 9.72. The molecule has 1 aliphatic heterocycles. The van der Waals surface area contributed by atoms with E-state index in [1.165, 1.54) is 4.90 Å². The molecule has 1 aromatic rings. The number of aryl methyl sites for hydroxylation is 1. The third kappa shape index (κ3) is 7.35. The first-order chi connectivity index (χ1) is 18.2. The van der Waals surface area contributed by atoms with Crippen LogP contribution in [0.5, 0.6) is 0 Å². The van der Waals surface area contributed by atoms with Gasteiger partial charge in [-0.1, -0.05) is 77.8 Å². The molecular formula is C30H50N4O4. The van der Waals surface area contributed by atoms with Crippen LogP contribution in [0, 0.1) is 12.3 Å². The second-order valence-electron chi connectivity index (χ2n) is 10.3. The van der Waals surface area contributed by atoms with Gasteiger partial charge in [0.1, 0.15) is 6.61 Å². The largest absolute Gasteiger partial charge is 0.347 e. The minimum atomic E-state index is -0.793. The van der Waals surface area contributed by atoms with Crippen molar-refractivity contribution >= 4 is 17.8 Å². The van der Waals surface area contributed by atoms with E-state index < -0.39 is 17.7 Å². The predicted octanol–water partition coefficient (Wildman–Crippen LogP) is 5.12. The number of carbonyl (C=O) groups is 3. The topological polar surface area (TPSA) is 82.2 Å². The summed E-state index contributed by atoms with van der Waals surface area (Å²) < 4.78 is 6.13. The SMILES string of the molecule is CCC[C@@H](NC(=O)N1C(=O)C(CC)(CC)[C@@H]1OCC(=O)N(CCC)CCN(CC)CC)c1ccc(C)cc1. The molecule has 0 aliphatic carbocycles. The Morgan fingerprint density at radius 3 is 2.13 bits per heavy atom. The monoisotopic (exact) mass is 530 g/mol. The Bertz CT molecular complexity index is 896. The molecular weight excluding hydrogens is 480 g/mol. The minimum Gasteiger partial charge on any atom is -0.347 e. The van der Waals surface area contributed by atoms with E-state index in [0.29, 0.717) is 25.9 Å². The lowest BCUT2D eigenvalue weighted by Crippen LogP contribution is -2.72. The standard InChI is InChI=1S/C30H50N4O4/c1-8-14-25(24-17-15-23(7)16-18-24)31-29(37)34-27(36)30(10-3,11-4)28(34)38-22-26(35)33(19-9-2)21-20-32(12-5)13-6/h15-18,25,28H,8-14,19-22H2,1-7H3,(H,31,37)/t25-,28+/m1/s1. The molecule has 1 heterocycles. The highest BCUT2D eigenvalue weighted by molar-refractivity contribution is 6.03. The number of rotatable bonds is 16. The minimum absolute atomic E-state index is 0.108. The normalized spacial score (nSPS) is 17.3. The maximum absolute atomic E-state index is 13.4. The Balaban J connectivity index is 2.15. The summed E-state index contributed by atoms with van der Waals surface area (Å²) in [6, 6.07) is 7.42. The Labute approximate surface area is 230 Å². The molecule has 8 nitrogen and oxygen atoms in total. The highest BCUT2D eigenvalue weighted by Gasteiger charge is 2.62.